The lowest BCUT2D eigenvalue weighted by molar-refractivity contribution is -0.139. The van der Waals surface area contributed by atoms with Crippen molar-refractivity contribution in [3.8, 4) is 5.75 Å². The Hall–Kier alpha value is -1.80. The van der Waals surface area contributed by atoms with Crippen molar-refractivity contribution in [3.63, 3.8) is 0 Å². The molecule has 22 heavy (non-hydrogen) atoms. The van der Waals surface area contributed by atoms with E-state index >= 15 is 0 Å². The highest BCUT2D eigenvalue weighted by atomic mass is 32.2. The smallest absolute Gasteiger partial charge is 0.326 e. The van der Waals surface area contributed by atoms with Crippen LogP contribution in [-0.4, -0.2) is 36.3 Å². The highest BCUT2D eigenvalue weighted by Gasteiger charge is 2.37. The maximum Gasteiger partial charge on any atom is 0.326 e. The summed E-state index contributed by atoms with van der Waals surface area (Å²) in [6.45, 7) is 3.68. The van der Waals surface area contributed by atoms with E-state index in [-0.39, 0.29) is 10.6 Å². The molecule has 0 amide bonds. The Morgan fingerprint density at radius 3 is 2.68 bits per heavy atom. The van der Waals surface area contributed by atoms with E-state index in [4.69, 9.17) is 9.29 Å². The third kappa shape index (κ3) is 3.17. The second-order valence-corrected chi connectivity index (χ2v) is 6.65. The summed E-state index contributed by atoms with van der Waals surface area (Å²) in [7, 11) is -4.32. The second-order valence-electron chi connectivity index (χ2n) is 5.23. The van der Waals surface area contributed by atoms with Gasteiger partial charge in [-0.15, -0.1) is 0 Å². The first-order valence-corrected chi connectivity index (χ1v) is 8.49. The Kier molecular flexibility index (Phi) is 4.62. The van der Waals surface area contributed by atoms with Crippen molar-refractivity contribution in [3.05, 3.63) is 18.2 Å². The van der Waals surface area contributed by atoms with Gasteiger partial charge < -0.3 is 14.7 Å². The van der Waals surface area contributed by atoms with Crippen LogP contribution in [0, 0.1) is 0 Å². The van der Waals surface area contributed by atoms with Gasteiger partial charge in [0.15, 0.2) is 6.23 Å². The maximum absolute atomic E-state index is 11.5. The van der Waals surface area contributed by atoms with Gasteiger partial charge in [0.25, 0.3) is 10.1 Å². The fourth-order valence-electron chi connectivity index (χ4n) is 2.60. The Balaban J connectivity index is 2.39. The average Bonchev–Trinajstić information content (AvgIpc) is 2.73. The van der Waals surface area contributed by atoms with E-state index in [1.165, 1.54) is 18.2 Å². The molecule has 8 heteroatoms. The van der Waals surface area contributed by atoms with Gasteiger partial charge in [-0.25, -0.2) is 4.79 Å². The lowest BCUT2D eigenvalue weighted by Gasteiger charge is -2.29. The molecule has 0 saturated carbocycles. The van der Waals surface area contributed by atoms with Crippen LogP contribution >= 0.6 is 0 Å². The number of rotatable bonds is 6. The predicted molar refractivity (Wildman–Crippen MR) is 79.8 cm³/mol. The number of carbonyl (C=O) groups is 1. The quantitative estimate of drug-likeness (QED) is 0.770. The number of anilines is 1. The molecule has 0 aliphatic carbocycles. The zero-order chi connectivity index (χ0) is 16.5. The largest absolute Gasteiger partial charge is 0.480 e. The lowest BCUT2D eigenvalue weighted by atomic mass is 10.1. The Morgan fingerprint density at radius 2 is 2.14 bits per heavy atom. The minimum absolute atomic E-state index is 0.255. The number of nitrogens with zero attached hydrogens (tertiary/aromatic N) is 1. The summed E-state index contributed by atoms with van der Waals surface area (Å²) in [5.74, 6) is -0.694. The van der Waals surface area contributed by atoms with E-state index in [2.05, 4.69) is 0 Å². The number of ether oxygens (including phenoxy) is 1. The topological polar surface area (TPSA) is 104 Å². The van der Waals surface area contributed by atoms with Crippen molar-refractivity contribution in [2.75, 3.05) is 4.90 Å². The van der Waals surface area contributed by atoms with Gasteiger partial charge in [-0.1, -0.05) is 19.8 Å². The Bertz CT molecular complexity index is 672. The summed E-state index contributed by atoms with van der Waals surface area (Å²) in [5.41, 5.74) is 0.517. The molecule has 0 radical (unpaired) electrons. The summed E-state index contributed by atoms with van der Waals surface area (Å²) in [6, 6.07) is 3.16. The van der Waals surface area contributed by atoms with Crippen molar-refractivity contribution in [2.24, 2.45) is 0 Å². The fraction of sp³-hybridized carbons (Fsp3) is 0.500. The summed E-state index contributed by atoms with van der Waals surface area (Å²) < 4.78 is 37.0. The molecule has 2 unspecified atom stereocenters. The van der Waals surface area contributed by atoms with Gasteiger partial charge in [0, 0.05) is 6.07 Å². The fourth-order valence-corrected chi connectivity index (χ4v) is 3.10. The van der Waals surface area contributed by atoms with Crippen LogP contribution in [0.5, 0.6) is 5.75 Å². The summed E-state index contributed by atoms with van der Waals surface area (Å²) in [6.07, 6.45) is 1.59. The molecule has 2 N–H and O–H groups in total. The molecule has 122 valence electrons. The van der Waals surface area contributed by atoms with Gasteiger partial charge >= 0.3 is 5.97 Å². The summed E-state index contributed by atoms with van der Waals surface area (Å²) in [4.78, 5) is 12.9. The van der Waals surface area contributed by atoms with Crippen LogP contribution in [0.1, 0.15) is 33.1 Å². The van der Waals surface area contributed by atoms with E-state index < -0.39 is 28.4 Å². The third-order valence-electron chi connectivity index (χ3n) is 3.65. The minimum Gasteiger partial charge on any atom is -0.480 e. The van der Waals surface area contributed by atoms with Crippen LogP contribution in [0.2, 0.25) is 0 Å². The highest BCUT2D eigenvalue weighted by Crippen LogP contribution is 2.40. The molecule has 0 bridgehead atoms. The first kappa shape index (κ1) is 16.6. The number of benzene rings is 1. The standard InChI is InChI=1S/C14H19NO6S/c1-3-4-5-12(14(16)17)15-9(2)21-13-8-10(22(18,19)20)6-7-11(13)15/h6-9,12H,3-5H2,1-2H3,(H,16,17)(H,18,19,20). The second kappa shape index (κ2) is 6.13. The van der Waals surface area contributed by atoms with Gasteiger partial charge in [0.05, 0.1) is 10.6 Å². The molecule has 0 aromatic heterocycles. The molecular weight excluding hydrogens is 310 g/mol. The predicted octanol–water partition coefficient (Wildman–Crippen LogP) is 2.12. The van der Waals surface area contributed by atoms with Crippen molar-refractivity contribution in [1.82, 2.24) is 0 Å². The van der Waals surface area contributed by atoms with E-state index in [1.54, 1.807) is 11.8 Å². The van der Waals surface area contributed by atoms with Crippen LogP contribution in [0.3, 0.4) is 0 Å². The van der Waals surface area contributed by atoms with Gasteiger partial charge in [-0.05, 0) is 25.5 Å². The normalized spacial score (nSPS) is 18.7. The van der Waals surface area contributed by atoms with E-state index in [1.807, 2.05) is 6.92 Å². The van der Waals surface area contributed by atoms with Gasteiger partial charge in [0.2, 0.25) is 0 Å². The monoisotopic (exact) mass is 329 g/mol. The highest BCUT2D eigenvalue weighted by molar-refractivity contribution is 7.85. The summed E-state index contributed by atoms with van der Waals surface area (Å²) in [5, 5.41) is 9.45. The number of carboxylic acid groups (broad SMARTS) is 1. The number of hydrogen-bond acceptors (Lipinski definition) is 5. The van der Waals surface area contributed by atoms with Gasteiger partial charge in [-0.3, -0.25) is 4.55 Å². The number of aliphatic carboxylic acids is 1. The molecule has 0 spiro atoms. The molecule has 7 nitrogen and oxygen atoms in total. The average molecular weight is 329 g/mol. The first-order valence-electron chi connectivity index (χ1n) is 7.05. The maximum atomic E-state index is 11.5. The van der Waals surface area contributed by atoms with E-state index in [9.17, 15) is 18.3 Å². The van der Waals surface area contributed by atoms with Gasteiger partial charge in [0.1, 0.15) is 11.8 Å². The van der Waals surface area contributed by atoms with Crippen LogP contribution in [0.4, 0.5) is 5.69 Å². The number of unbranched alkanes of at least 4 members (excludes halogenated alkanes) is 1. The van der Waals surface area contributed by atoms with E-state index in [0.29, 0.717) is 12.1 Å². The van der Waals surface area contributed by atoms with E-state index in [0.717, 1.165) is 12.8 Å². The Labute approximate surface area is 129 Å². The zero-order valence-electron chi connectivity index (χ0n) is 12.4. The molecule has 1 aliphatic heterocycles. The Morgan fingerprint density at radius 1 is 1.45 bits per heavy atom. The molecule has 1 aliphatic rings. The third-order valence-corrected chi connectivity index (χ3v) is 4.50. The van der Waals surface area contributed by atoms with Crippen LogP contribution in [0.25, 0.3) is 0 Å². The van der Waals surface area contributed by atoms with Gasteiger partial charge in [-0.2, -0.15) is 8.42 Å². The number of fused-ring (bicyclic) bond motifs is 1. The number of hydrogen-bond donors (Lipinski definition) is 2. The molecule has 0 saturated heterocycles. The molecule has 1 heterocycles. The van der Waals surface area contributed by atoms with Crippen LogP contribution in [0.15, 0.2) is 23.1 Å². The lowest BCUT2D eigenvalue weighted by Crippen LogP contribution is -2.45. The molecule has 0 fully saturated rings. The molecule has 2 atom stereocenters. The molecule has 2 rings (SSSR count). The van der Waals surface area contributed by atoms with Crippen LogP contribution in [-0.2, 0) is 14.9 Å². The molecular formula is C14H19NO6S. The van der Waals surface area contributed by atoms with Crippen molar-refractivity contribution in [2.45, 2.75) is 50.3 Å². The molecule has 1 aromatic carbocycles. The van der Waals surface area contributed by atoms with Crippen molar-refractivity contribution in [1.29, 1.82) is 0 Å². The van der Waals surface area contributed by atoms with Crippen LogP contribution < -0.4 is 9.64 Å². The van der Waals surface area contributed by atoms with Crippen molar-refractivity contribution < 1.29 is 27.6 Å². The van der Waals surface area contributed by atoms with Crippen molar-refractivity contribution >= 4 is 21.8 Å². The number of carboxylic acids is 1. The molecule has 1 aromatic rings. The minimum atomic E-state index is -4.32. The first-order chi connectivity index (χ1) is 10.3. The SMILES string of the molecule is CCCCC(C(=O)O)N1c2ccc(S(=O)(=O)O)cc2OC1C. The zero-order valence-corrected chi connectivity index (χ0v) is 13.2. The summed E-state index contributed by atoms with van der Waals surface area (Å²) >= 11 is 0.